The monoisotopic (exact) mass is 189 g/mol. The molecule has 1 aromatic rings. The van der Waals surface area contributed by atoms with E-state index in [4.69, 9.17) is 0 Å². The number of rotatable bonds is 7. The van der Waals surface area contributed by atoms with E-state index in [2.05, 4.69) is 43.7 Å². The van der Waals surface area contributed by atoms with Crippen LogP contribution in [-0.2, 0) is 6.42 Å². The van der Waals surface area contributed by atoms with Crippen molar-refractivity contribution in [1.82, 2.24) is 0 Å². The van der Waals surface area contributed by atoms with Crippen molar-refractivity contribution in [3.63, 3.8) is 0 Å². The molecule has 0 heterocycles. The lowest BCUT2D eigenvalue weighted by Crippen LogP contribution is -1.85. The van der Waals surface area contributed by atoms with Crippen molar-refractivity contribution in [2.45, 2.75) is 45.4 Å². The molecule has 0 N–H and O–H groups in total. The summed E-state index contributed by atoms with van der Waals surface area (Å²) in [5.41, 5.74) is 1.47. The van der Waals surface area contributed by atoms with Gasteiger partial charge in [-0.25, -0.2) is 0 Å². The molecule has 1 rings (SSSR count). The van der Waals surface area contributed by atoms with Gasteiger partial charge in [-0.15, -0.1) is 0 Å². The maximum atomic E-state index is 2.42. The second kappa shape index (κ2) is 7.61. The van der Waals surface area contributed by atoms with Gasteiger partial charge >= 0.3 is 0 Å². The SMILES string of the molecule is CCC[CH]CCCCc1ccccc1. The van der Waals surface area contributed by atoms with Crippen molar-refractivity contribution >= 4 is 0 Å². The molecule has 77 valence electrons. The molecule has 0 spiro atoms. The summed E-state index contributed by atoms with van der Waals surface area (Å²) in [5.74, 6) is 0. The van der Waals surface area contributed by atoms with Gasteiger partial charge in [-0.3, -0.25) is 0 Å². The van der Waals surface area contributed by atoms with Gasteiger partial charge < -0.3 is 0 Å². The molecule has 0 bridgehead atoms. The highest BCUT2D eigenvalue weighted by Gasteiger charge is 1.92. The molecule has 0 nitrogen and oxygen atoms in total. The van der Waals surface area contributed by atoms with Crippen molar-refractivity contribution < 1.29 is 0 Å². The van der Waals surface area contributed by atoms with Gasteiger partial charge in [0.15, 0.2) is 0 Å². The van der Waals surface area contributed by atoms with Gasteiger partial charge in [0.05, 0.1) is 0 Å². The van der Waals surface area contributed by atoms with Crippen molar-refractivity contribution in [2.24, 2.45) is 0 Å². The average molecular weight is 189 g/mol. The standard InChI is InChI=1S/C14H21/c1-2-3-4-5-6-8-11-14-12-9-7-10-13-14/h4,7,9-10,12-13H,2-3,5-6,8,11H2,1H3. The summed E-state index contributed by atoms with van der Waals surface area (Å²) in [4.78, 5) is 0. The molecule has 0 fully saturated rings. The van der Waals surface area contributed by atoms with Crippen LogP contribution in [0.25, 0.3) is 0 Å². The van der Waals surface area contributed by atoms with Crippen LogP contribution in [0.5, 0.6) is 0 Å². The van der Waals surface area contributed by atoms with Crippen LogP contribution in [0, 0.1) is 6.42 Å². The smallest absolute Gasteiger partial charge is 0.0279 e. The third-order valence-corrected chi connectivity index (χ3v) is 2.46. The minimum Gasteiger partial charge on any atom is -0.0654 e. The van der Waals surface area contributed by atoms with E-state index in [0.29, 0.717) is 0 Å². The Balaban J connectivity index is 1.99. The van der Waals surface area contributed by atoms with E-state index in [1.807, 2.05) is 0 Å². The summed E-state index contributed by atoms with van der Waals surface area (Å²) in [6.07, 6.45) is 10.2. The Morgan fingerprint density at radius 3 is 2.50 bits per heavy atom. The van der Waals surface area contributed by atoms with Crippen LogP contribution in [0.15, 0.2) is 30.3 Å². The Morgan fingerprint density at radius 1 is 1.00 bits per heavy atom. The van der Waals surface area contributed by atoms with Gasteiger partial charge in [0.1, 0.15) is 0 Å². The highest BCUT2D eigenvalue weighted by molar-refractivity contribution is 5.14. The molecule has 0 aliphatic carbocycles. The molecule has 0 saturated heterocycles. The largest absolute Gasteiger partial charge is 0.0654 e. The fourth-order valence-corrected chi connectivity index (χ4v) is 1.61. The predicted octanol–water partition coefficient (Wildman–Crippen LogP) is 4.40. The van der Waals surface area contributed by atoms with Gasteiger partial charge in [-0.1, -0.05) is 62.9 Å². The van der Waals surface area contributed by atoms with Crippen molar-refractivity contribution in [3.8, 4) is 0 Å². The van der Waals surface area contributed by atoms with Gasteiger partial charge in [-0.05, 0) is 24.8 Å². The zero-order valence-electron chi connectivity index (χ0n) is 9.21. The summed E-state index contributed by atoms with van der Waals surface area (Å²) in [7, 11) is 0. The molecule has 0 aliphatic heterocycles. The maximum absolute atomic E-state index is 2.42. The van der Waals surface area contributed by atoms with E-state index in [1.165, 1.54) is 44.1 Å². The lowest BCUT2D eigenvalue weighted by atomic mass is 10.1. The van der Waals surface area contributed by atoms with Gasteiger partial charge in [0, 0.05) is 0 Å². The number of benzene rings is 1. The third kappa shape index (κ3) is 5.06. The quantitative estimate of drug-likeness (QED) is 0.557. The number of hydrogen-bond acceptors (Lipinski definition) is 0. The highest BCUT2D eigenvalue weighted by Crippen LogP contribution is 2.08. The molecule has 1 radical (unpaired) electrons. The molecule has 0 unspecified atom stereocenters. The third-order valence-electron chi connectivity index (χ3n) is 2.46. The lowest BCUT2D eigenvalue weighted by molar-refractivity contribution is 0.699. The molecule has 0 atom stereocenters. The van der Waals surface area contributed by atoms with Crippen LogP contribution < -0.4 is 0 Å². The average Bonchev–Trinajstić information content (AvgIpc) is 2.25. The predicted molar refractivity (Wildman–Crippen MR) is 63.2 cm³/mol. The maximum Gasteiger partial charge on any atom is -0.0279 e. The second-order valence-corrected chi connectivity index (χ2v) is 3.81. The molecule has 0 saturated carbocycles. The number of aryl methyl sites for hydroxylation is 1. The first-order chi connectivity index (χ1) is 6.93. The Labute approximate surface area is 88.4 Å². The molecule has 0 aliphatic rings. The van der Waals surface area contributed by atoms with E-state index in [1.54, 1.807) is 0 Å². The summed E-state index contributed by atoms with van der Waals surface area (Å²) >= 11 is 0. The van der Waals surface area contributed by atoms with Crippen LogP contribution in [0.3, 0.4) is 0 Å². The first-order valence-electron chi connectivity index (χ1n) is 5.79. The van der Waals surface area contributed by atoms with Gasteiger partial charge in [0.2, 0.25) is 0 Å². The summed E-state index contributed by atoms with van der Waals surface area (Å²) in [6, 6.07) is 10.8. The van der Waals surface area contributed by atoms with Gasteiger partial charge in [-0.2, -0.15) is 0 Å². The van der Waals surface area contributed by atoms with Crippen molar-refractivity contribution in [1.29, 1.82) is 0 Å². The Morgan fingerprint density at radius 2 is 1.79 bits per heavy atom. The Bertz CT molecular complexity index is 213. The zero-order chi connectivity index (χ0) is 10.1. The minimum atomic E-state index is 1.24. The normalized spacial score (nSPS) is 10.4. The first kappa shape index (κ1) is 11.3. The first-order valence-corrected chi connectivity index (χ1v) is 5.79. The van der Waals surface area contributed by atoms with Crippen LogP contribution >= 0.6 is 0 Å². The van der Waals surface area contributed by atoms with E-state index >= 15 is 0 Å². The highest BCUT2D eigenvalue weighted by atomic mass is 14.0. The minimum absolute atomic E-state index is 1.24. The van der Waals surface area contributed by atoms with Gasteiger partial charge in [0.25, 0.3) is 0 Å². The van der Waals surface area contributed by atoms with Crippen LogP contribution in [0.4, 0.5) is 0 Å². The fourth-order valence-electron chi connectivity index (χ4n) is 1.61. The zero-order valence-corrected chi connectivity index (χ0v) is 9.21. The van der Waals surface area contributed by atoms with E-state index in [0.717, 1.165) is 0 Å². The van der Waals surface area contributed by atoms with E-state index in [9.17, 15) is 0 Å². The topological polar surface area (TPSA) is 0 Å². The molecule has 0 heteroatoms. The Hall–Kier alpha value is -0.780. The summed E-state index contributed by atoms with van der Waals surface area (Å²) in [5, 5.41) is 0. The van der Waals surface area contributed by atoms with E-state index in [-0.39, 0.29) is 0 Å². The van der Waals surface area contributed by atoms with Crippen LogP contribution in [-0.4, -0.2) is 0 Å². The number of unbranched alkanes of at least 4 members (excludes halogenated alkanes) is 5. The molecule has 14 heavy (non-hydrogen) atoms. The Kier molecular flexibility index (Phi) is 6.14. The molecule has 1 aromatic carbocycles. The fraction of sp³-hybridized carbons (Fsp3) is 0.500. The van der Waals surface area contributed by atoms with Crippen LogP contribution in [0.1, 0.15) is 44.6 Å². The lowest BCUT2D eigenvalue weighted by Gasteiger charge is -2.01. The molecular weight excluding hydrogens is 168 g/mol. The summed E-state index contributed by atoms with van der Waals surface area (Å²) < 4.78 is 0. The van der Waals surface area contributed by atoms with E-state index < -0.39 is 0 Å². The summed E-state index contributed by atoms with van der Waals surface area (Å²) in [6.45, 7) is 2.24. The van der Waals surface area contributed by atoms with Crippen LogP contribution in [0.2, 0.25) is 0 Å². The molecule has 0 aromatic heterocycles. The van der Waals surface area contributed by atoms with Crippen molar-refractivity contribution in [3.05, 3.63) is 42.3 Å². The second-order valence-electron chi connectivity index (χ2n) is 3.81. The number of hydrogen-bond donors (Lipinski definition) is 0. The molecular formula is C14H21. The van der Waals surface area contributed by atoms with Crippen molar-refractivity contribution in [2.75, 3.05) is 0 Å². The molecule has 0 amide bonds.